The zero-order chi connectivity index (χ0) is 8.27. The summed E-state index contributed by atoms with van der Waals surface area (Å²) >= 11 is -0.851. The first-order valence-electron chi connectivity index (χ1n) is 4.02. The molecule has 0 aromatic carbocycles. The molecule has 1 atom stereocenters. The molecular formula is C8H15NOS. The van der Waals surface area contributed by atoms with Crippen LogP contribution in [0.4, 0.5) is 0 Å². The largest absolute Gasteiger partial charge is 0.598 e. The highest BCUT2D eigenvalue weighted by atomic mass is 32.2. The van der Waals surface area contributed by atoms with E-state index in [2.05, 4.69) is 10.8 Å². The van der Waals surface area contributed by atoms with E-state index in [1.165, 1.54) is 18.4 Å². The molecule has 2 nitrogen and oxygen atoms in total. The molecule has 1 unspecified atom stereocenters. The molecule has 11 heavy (non-hydrogen) atoms. The molecule has 0 spiro atoms. The molecule has 64 valence electrons. The SMILES string of the molecule is CC(C)[S+]([O-])NCC1=CCC1. The molecule has 0 radical (unpaired) electrons. The Morgan fingerprint density at radius 3 is 2.73 bits per heavy atom. The molecule has 1 aliphatic carbocycles. The molecule has 0 bridgehead atoms. The molecule has 0 aromatic rings. The Morgan fingerprint density at radius 1 is 1.73 bits per heavy atom. The summed E-state index contributed by atoms with van der Waals surface area (Å²) in [6.07, 6.45) is 4.58. The maximum atomic E-state index is 11.2. The lowest BCUT2D eigenvalue weighted by molar-refractivity contribution is 0.573. The number of hydrogen-bond donors (Lipinski definition) is 1. The lowest BCUT2D eigenvalue weighted by atomic mass is 10.00. The Kier molecular flexibility index (Phi) is 3.43. The molecule has 0 heterocycles. The second-order valence-corrected chi connectivity index (χ2v) is 4.89. The van der Waals surface area contributed by atoms with Crippen LogP contribution in [0.25, 0.3) is 0 Å². The van der Waals surface area contributed by atoms with Crippen LogP contribution in [0.1, 0.15) is 26.7 Å². The minimum atomic E-state index is -0.851. The van der Waals surface area contributed by atoms with Crippen molar-refractivity contribution in [1.29, 1.82) is 0 Å². The van der Waals surface area contributed by atoms with Crippen molar-refractivity contribution in [3.8, 4) is 0 Å². The quantitative estimate of drug-likeness (QED) is 0.515. The van der Waals surface area contributed by atoms with E-state index in [-0.39, 0.29) is 5.25 Å². The summed E-state index contributed by atoms with van der Waals surface area (Å²) in [6.45, 7) is 4.72. The standard InChI is InChI=1S/C8H15NOS/c1-7(2)11(10)9-6-8-4-3-5-8/h4,7,9H,3,5-6H2,1-2H3. The van der Waals surface area contributed by atoms with Gasteiger partial charge in [-0.3, -0.25) is 0 Å². The Labute approximate surface area is 71.4 Å². The lowest BCUT2D eigenvalue weighted by Gasteiger charge is -2.18. The van der Waals surface area contributed by atoms with E-state index in [0.29, 0.717) is 0 Å². The third kappa shape index (κ3) is 2.85. The Morgan fingerprint density at radius 2 is 2.36 bits per heavy atom. The third-order valence-electron chi connectivity index (χ3n) is 1.77. The predicted octanol–water partition coefficient (Wildman–Crippen LogP) is 1.37. The molecule has 0 aromatic heterocycles. The molecule has 3 heteroatoms. The fourth-order valence-electron chi connectivity index (χ4n) is 0.840. The molecule has 0 saturated heterocycles. The fourth-order valence-corrected chi connectivity index (χ4v) is 1.50. The highest BCUT2D eigenvalue weighted by Crippen LogP contribution is 2.16. The second kappa shape index (κ2) is 4.14. The van der Waals surface area contributed by atoms with Crippen molar-refractivity contribution in [3.05, 3.63) is 11.6 Å². The van der Waals surface area contributed by atoms with Gasteiger partial charge >= 0.3 is 0 Å². The van der Waals surface area contributed by atoms with Crippen LogP contribution >= 0.6 is 0 Å². The Bertz CT molecular complexity index is 156. The molecule has 1 rings (SSSR count). The summed E-state index contributed by atoms with van der Waals surface area (Å²) in [5.74, 6) is 0. The van der Waals surface area contributed by atoms with Crippen LogP contribution in [-0.4, -0.2) is 16.3 Å². The van der Waals surface area contributed by atoms with E-state index in [0.717, 1.165) is 6.54 Å². The maximum absolute atomic E-state index is 11.2. The average molecular weight is 173 g/mol. The summed E-state index contributed by atoms with van der Waals surface area (Å²) in [7, 11) is 0. The van der Waals surface area contributed by atoms with Crippen molar-refractivity contribution in [2.45, 2.75) is 31.9 Å². The molecular weight excluding hydrogens is 158 g/mol. The average Bonchev–Trinajstić information content (AvgIpc) is 1.83. The van der Waals surface area contributed by atoms with E-state index in [1.807, 2.05) is 13.8 Å². The first-order chi connectivity index (χ1) is 5.20. The summed E-state index contributed by atoms with van der Waals surface area (Å²) in [4.78, 5) is 0. The zero-order valence-electron chi connectivity index (χ0n) is 7.09. The molecule has 0 amide bonds. The molecule has 0 aliphatic heterocycles. The van der Waals surface area contributed by atoms with Gasteiger partial charge in [-0.15, -0.1) is 4.72 Å². The summed E-state index contributed by atoms with van der Waals surface area (Å²) in [5.41, 5.74) is 1.40. The summed E-state index contributed by atoms with van der Waals surface area (Å²) < 4.78 is 14.1. The smallest absolute Gasteiger partial charge is 0.129 e. The first kappa shape index (κ1) is 9.10. The number of nitrogens with one attached hydrogen (secondary N) is 1. The Balaban J connectivity index is 2.10. The minimum Gasteiger partial charge on any atom is -0.598 e. The van der Waals surface area contributed by atoms with E-state index >= 15 is 0 Å². The monoisotopic (exact) mass is 173 g/mol. The summed E-state index contributed by atoms with van der Waals surface area (Å²) in [5, 5.41) is 0.218. The first-order valence-corrected chi connectivity index (χ1v) is 5.23. The van der Waals surface area contributed by atoms with Crippen molar-refractivity contribution in [3.63, 3.8) is 0 Å². The van der Waals surface area contributed by atoms with E-state index in [4.69, 9.17) is 0 Å². The van der Waals surface area contributed by atoms with Crippen LogP contribution < -0.4 is 4.72 Å². The van der Waals surface area contributed by atoms with Crippen molar-refractivity contribution in [2.75, 3.05) is 6.54 Å². The molecule has 1 aliphatic rings. The molecule has 1 N–H and O–H groups in total. The fraction of sp³-hybridized carbons (Fsp3) is 0.750. The second-order valence-electron chi connectivity index (χ2n) is 3.07. The van der Waals surface area contributed by atoms with Crippen LogP contribution in [0, 0.1) is 0 Å². The van der Waals surface area contributed by atoms with Crippen LogP contribution in [0.15, 0.2) is 11.6 Å². The molecule has 0 fully saturated rings. The van der Waals surface area contributed by atoms with Crippen LogP contribution in [-0.2, 0) is 11.4 Å². The number of allylic oxidation sites excluding steroid dienone is 1. The van der Waals surface area contributed by atoms with E-state index in [9.17, 15) is 4.55 Å². The van der Waals surface area contributed by atoms with Gasteiger partial charge in [0.05, 0.1) is 6.54 Å². The van der Waals surface area contributed by atoms with Crippen molar-refractivity contribution in [1.82, 2.24) is 4.72 Å². The van der Waals surface area contributed by atoms with Crippen molar-refractivity contribution < 1.29 is 4.55 Å². The van der Waals surface area contributed by atoms with Gasteiger partial charge in [0.2, 0.25) is 0 Å². The third-order valence-corrected chi connectivity index (χ3v) is 3.05. The minimum absolute atomic E-state index is 0.218. The van der Waals surface area contributed by atoms with Gasteiger partial charge in [0.25, 0.3) is 0 Å². The zero-order valence-corrected chi connectivity index (χ0v) is 7.91. The van der Waals surface area contributed by atoms with Gasteiger partial charge in [-0.05, 0) is 26.7 Å². The summed E-state index contributed by atoms with van der Waals surface area (Å²) in [6, 6.07) is 0. The van der Waals surface area contributed by atoms with Gasteiger partial charge in [-0.1, -0.05) is 11.6 Å². The van der Waals surface area contributed by atoms with Gasteiger partial charge in [0.15, 0.2) is 0 Å². The van der Waals surface area contributed by atoms with Crippen LogP contribution in [0.5, 0.6) is 0 Å². The maximum Gasteiger partial charge on any atom is 0.129 e. The highest BCUT2D eigenvalue weighted by Gasteiger charge is 2.13. The van der Waals surface area contributed by atoms with Gasteiger partial charge in [-0.25, -0.2) is 0 Å². The van der Waals surface area contributed by atoms with Gasteiger partial charge in [-0.2, -0.15) is 0 Å². The van der Waals surface area contributed by atoms with E-state index in [1.54, 1.807) is 0 Å². The van der Waals surface area contributed by atoms with Crippen molar-refractivity contribution >= 4 is 11.4 Å². The lowest BCUT2D eigenvalue weighted by Crippen LogP contribution is -2.32. The van der Waals surface area contributed by atoms with Gasteiger partial charge in [0, 0.05) is 11.4 Å². The van der Waals surface area contributed by atoms with Crippen LogP contribution in [0.3, 0.4) is 0 Å². The predicted molar refractivity (Wildman–Crippen MR) is 48.6 cm³/mol. The van der Waals surface area contributed by atoms with Gasteiger partial charge in [0.1, 0.15) is 5.25 Å². The van der Waals surface area contributed by atoms with E-state index < -0.39 is 11.4 Å². The van der Waals surface area contributed by atoms with Crippen LogP contribution in [0.2, 0.25) is 0 Å². The number of rotatable bonds is 4. The topological polar surface area (TPSA) is 35.1 Å². The van der Waals surface area contributed by atoms with Gasteiger partial charge < -0.3 is 4.55 Å². The van der Waals surface area contributed by atoms with Crippen molar-refractivity contribution in [2.24, 2.45) is 0 Å². The Hall–Kier alpha value is 0.0100. The number of hydrogen-bond acceptors (Lipinski definition) is 2. The normalized spacial score (nSPS) is 19.5. The highest BCUT2D eigenvalue weighted by molar-refractivity contribution is 7.90. The molecule has 0 saturated carbocycles.